The number of rotatable bonds is 3. The summed E-state index contributed by atoms with van der Waals surface area (Å²) < 4.78 is 0. The number of halogens is 1. The van der Waals surface area contributed by atoms with E-state index in [1.807, 2.05) is 13.2 Å². The molecule has 0 spiro atoms. The zero-order valence-electron chi connectivity index (χ0n) is 5.92. The van der Waals surface area contributed by atoms with E-state index >= 15 is 0 Å². The molecule has 0 N–H and O–H groups in total. The van der Waals surface area contributed by atoms with Gasteiger partial charge in [0.15, 0.2) is 0 Å². The van der Waals surface area contributed by atoms with Crippen molar-refractivity contribution in [3.05, 3.63) is 11.9 Å². The van der Waals surface area contributed by atoms with Gasteiger partial charge in [-0.05, 0) is 12.8 Å². The number of hydrogen-bond donors (Lipinski definition) is 0. The van der Waals surface area contributed by atoms with E-state index in [0.717, 1.165) is 23.9 Å². The molecule has 0 bridgehead atoms. The standard InChI is InChI=1S/C6H10BrN3/c1-10-8-5-6(9-10)3-2-4-7/h5H,2-4H2,1H3. The molecule has 0 aliphatic rings. The first-order valence-corrected chi connectivity index (χ1v) is 4.36. The molecule has 0 aliphatic carbocycles. The topological polar surface area (TPSA) is 30.7 Å². The highest BCUT2D eigenvalue weighted by Gasteiger charge is 1.95. The second kappa shape index (κ2) is 3.71. The number of hydrogen-bond acceptors (Lipinski definition) is 2. The van der Waals surface area contributed by atoms with Crippen LogP contribution in [0, 0.1) is 0 Å². The monoisotopic (exact) mass is 203 g/mol. The van der Waals surface area contributed by atoms with Crippen molar-refractivity contribution in [3.8, 4) is 0 Å². The molecular weight excluding hydrogens is 194 g/mol. The van der Waals surface area contributed by atoms with Gasteiger partial charge in [-0.3, -0.25) is 0 Å². The molecule has 1 aromatic heterocycles. The van der Waals surface area contributed by atoms with Crippen LogP contribution in [0.5, 0.6) is 0 Å². The third-order valence-electron chi connectivity index (χ3n) is 1.21. The number of aryl methyl sites for hydroxylation is 2. The van der Waals surface area contributed by atoms with Crippen molar-refractivity contribution in [3.63, 3.8) is 0 Å². The maximum absolute atomic E-state index is 4.13. The molecule has 0 aromatic carbocycles. The van der Waals surface area contributed by atoms with E-state index in [1.54, 1.807) is 4.80 Å². The van der Waals surface area contributed by atoms with E-state index in [-0.39, 0.29) is 0 Å². The highest BCUT2D eigenvalue weighted by molar-refractivity contribution is 9.09. The van der Waals surface area contributed by atoms with Gasteiger partial charge in [-0.15, -0.1) is 0 Å². The predicted octanol–water partition coefficient (Wildman–Crippen LogP) is 1.14. The Balaban J connectivity index is 2.42. The van der Waals surface area contributed by atoms with Crippen molar-refractivity contribution < 1.29 is 0 Å². The average molecular weight is 204 g/mol. The lowest BCUT2D eigenvalue weighted by molar-refractivity contribution is 0.643. The zero-order chi connectivity index (χ0) is 7.40. The SMILES string of the molecule is Cn1ncc(CCCBr)n1. The lowest BCUT2D eigenvalue weighted by atomic mass is 10.3. The van der Waals surface area contributed by atoms with E-state index < -0.39 is 0 Å². The molecule has 0 saturated heterocycles. The van der Waals surface area contributed by atoms with Gasteiger partial charge in [0.25, 0.3) is 0 Å². The average Bonchev–Trinajstić information content (AvgIpc) is 2.31. The molecule has 0 amide bonds. The van der Waals surface area contributed by atoms with Crippen molar-refractivity contribution in [1.29, 1.82) is 0 Å². The minimum absolute atomic E-state index is 1.01. The van der Waals surface area contributed by atoms with Crippen LogP contribution in [-0.4, -0.2) is 20.3 Å². The molecule has 56 valence electrons. The van der Waals surface area contributed by atoms with Crippen LogP contribution in [-0.2, 0) is 13.5 Å². The molecule has 1 aromatic rings. The highest BCUT2D eigenvalue weighted by Crippen LogP contribution is 1.98. The summed E-state index contributed by atoms with van der Waals surface area (Å²) in [6.07, 6.45) is 3.94. The van der Waals surface area contributed by atoms with E-state index in [9.17, 15) is 0 Å². The second-order valence-corrected chi connectivity index (χ2v) is 2.91. The molecular formula is C6H10BrN3. The molecule has 10 heavy (non-hydrogen) atoms. The molecule has 0 unspecified atom stereocenters. The first kappa shape index (κ1) is 7.72. The Hall–Kier alpha value is -0.380. The fourth-order valence-corrected chi connectivity index (χ4v) is 1.03. The molecule has 1 heterocycles. The van der Waals surface area contributed by atoms with Crippen LogP contribution in [0.2, 0.25) is 0 Å². The molecule has 0 fully saturated rings. The van der Waals surface area contributed by atoms with Crippen LogP contribution in [0.15, 0.2) is 6.20 Å². The summed E-state index contributed by atoms with van der Waals surface area (Å²) in [5.41, 5.74) is 1.07. The maximum atomic E-state index is 4.13. The fraction of sp³-hybridized carbons (Fsp3) is 0.667. The zero-order valence-corrected chi connectivity index (χ0v) is 7.50. The van der Waals surface area contributed by atoms with Gasteiger partial charge >= 0.3 is 0 Å². The quantitative estimate of drug-likeness (QED) is 0.691. The lowest BCUT2D eigenvalue weighted by Gasteiger charge is -1.88. The van der Waals surface area contributed by atoms with Crippen molar-refractivity contribution in [1.82, 2.24) is 15.0 Å². The molecule has 4 heteroatoms. The molecule has 0 saturated carbocycles. The van der Waals surface area contributed by atoms with Gasteiger partial charge in [-0.25, -0.2) is 0 Å². The maximum Gasteiger partial charge on any atom is 0.0827 e. The van der Waals surface area contributed by atoms with E-state index in [0.29, 0.717) is 0 Å². The molecule has 0 atom stereocenters. The Kier molecular flexibility index (Phi) is 2.86. The summed E-state index contributed by atoms with van der Waals surface area (Å²) in [6, 6.07) is 0. The van der Waals surface area contributed by atoms with Gasteiger partial charge in [-0.2, -0.15) is 15.0 Å². The Morgan fingerprint density at radius 2 is 2.50 bits per heavy atom. The fourth-order valence-electron chi connectivity index (χ4n) is 0.750. The summed E-state index contributed by atoms with van der Waals surface area (Å²) >= 11 is 3.36. The molecule has 0 aliphatic heterocycles. The summed E-state index contributed by atoms with van der Waals surface area (Å²) in [5.74, 6) is 0. The number of nitrogens with zero attached hydrogens (tertiary/aromatic N) is 3. The number of aromatic nitrogens is 3. The second-order valence-electron chi connectivity index (χ2n) is 2.12. The van der Waals surface area contributed by atoms with Gasteiger partial charge in [0.05, 0.1) is 11.9 Å². The van der Waals surface area contributed by atoms with Crippen LogP contribution in [0.4, 0.5) is 0 Å². The largest absolute Gasteiger partial charge is 0.188 e. The van der Waals surface area contributed by atoms with E-state index in [4.69, 9.17) is 0 Å². The van der Waals surface area contributed by atoms with E-state index in [1.165, 1.54) is 0 Å². The molecule has 1 rings (SSSR count). The van der Waals surface area contributed by atoms with Gasteiger partial charge < -0.3 is 0 Å². The third-order valence-corrected chi connectivity index (χ3v) is 1.77. The van der Waals surface area contributed by atoms with Crippen LogP contribution in [0.25, 0.3) is 0 Å². The lowest BCUT2D eigenvalue weighted by Crippen LogP contribution is -1.93. The van der Waals surface area contributed by atoms with E-state index in [2.05, 4.69) is 26.1 Å². The van der Waals surface area contributed by atoms with Gasteiger partial charge in [-0.1, -0.05) is 15.9 Å². The Bertz CT molecular complexity index is 197. The van der Waals surface area contributed by atoms with Crippen LogP contribution in [0.3, 0.4) is 0 Å². The van der Waals surface area contributed by atoms with Crippen LogP contribution >= 0.6 is 15.9 Å². The molecule has 0 radical (unpaired) electrons. The van der Waals surface area contributed by atoms with Crippen molar-refractivity contribution in [2.75, 3.05) is 5.33 Å². The first-order chi connectivity index (χ1) is 4.83. The van der Waals surface area contributed by atoms with Crippen molar-refractivity contribution in [2.24, 2.45) is 7.05 Å². The first-order valence-electron chi connectivity index (χ1n) is 3.24. The predicted molar refractivity (Wildman–Crippen MR) is 43.1 cm³/mol. The van der Waals surface area contributed by atoms with Crippen LogP contribution in [0.1, 0.15) is 12.1 Å². The van der Waals surface area contributed by atoms with Gasteiger partial charge in [0.1, 0.15) is 0 Å². The minimum atomic E-state index is 1.01. The Labute approximate surface area is 68.6 Å². The van der Waals surface area contributed by atoms with Crippen molar-refractivity contribution >= 4 is 15.9 Å². The summed E-state index contributed by atoms with van der Waals surface area (Å²) in [7, 11) is 1.83. The third kappa shape index (κ3) is 2.10. The Morgan fingerprint density at radius 1 is 1.70 bits per heavy atom. The van der Waals surface area contributed by atoms with Crippen LogP contribution < -0.4 is 0 Å². The van der Waals surface area contributed by atoms with Gasteiger partial charge in [0.2, 0.25) is 0 Å². The normalized spacial score (nSPS) is 10.2. The summed E-state index contributed by atoms with van der Waals surface area (Å²) in [6.45, 7) is 0. The smallest absolute Gasteiger partial charge is 0.0827 e. The minimum Gasteiger partial charge on any atom is -0.188 e. The summed E-state index contributed by atoms with van der Waals surface area (Å²) in [4.78, 5) is 1.59. The highest BCUT2D eigenvalue weighted by atomic mass is 79.9. The Morgan fingerprint density at radius 3 is 3.00 bits per heavy atom. The van der Waals surface area contributed by atoms with Gasteiger partial charge in [0, 0.05) is 12.4 Å². The summed E-state index contributed by atoms with van der Waals surface area (Å²) in [5, 5.41) is 9.12. The van der Waals surface area contributed by atoms with Crippen molar-refractivity contribution in [2.45, 2.75) is 12.8 Å². The molecule has 3 nitrogen and oxygen atoms in total. The number of alkyl halides is 1.